The molecule has 0 unspecified atom stereocenters. The minimum atomic E-state index is -0.508. The van der Waals surface area contributed by atoms with E-state index in [4.69, 9.17) is 0 Å². The number of carbonyl (C=O) groups is 1. The summed E-state index contributed by atoms with van der Waals surface area (Å²) >= 11 is 0. The molecule has 0 aromatic heterocycles. The summed E-state index contributed by atoms with van der Waals surface area (Å²) in [5.74, 6) is -0.241. The molecule has 2 N–H and O–H groups in total. The van der Waals surface area contributed by atoms with Crippen molar-refractivity contribution in [3.05, 3.63) is 59.4 Å². The summed E-state index contributed by atoms with van der Waals surface area (Å²) in [6.45, 7) is 2.48. The van der Waals surface area contributed by atoms with Crippen LogP contribution in [0.3, 0.4) is 0 Å². The number of hydrogen-bond acceptors (Lipinski definition) is 3. The highest BCUT2D eigenvalue weighted by atomic mass is 19.1. The molecule has 4 nitrogen and oxygen atoms in total. The van der Waals surface area contributed by atoms with Crippen LogP contribution in [0.1, 0.15) is 11.1 Å². The molecule has 1 amide bonds. The van der Waals surface area contributed by atoms with E-state index in [0.29, 0.717) is 12.2 Å². The lowest BCUT2D eigenvalue weighted by atomic mass is 10.1. The Balaban J connectivity index is 1.97. The van der Waals surface area contributed by atoms with Gasteiger partial charge in [0.2, 0.25) is 0 Å². The number of nitrogens with one attached hydrogen (secondary N) is 2. The number of benzene rings is 2. The molecule has 0 atom stereocenters. The number of ether oxygens (including phenoxy) is 1. The highest BCUT2D eigenvalue weighted by molar-refractivity contribution is 5.84. The van der Waals surface area contributed by atoms with Gasteiger partial charge >= 0.3 is 6.09 Å². The van der Waals surface area contributed by atoms with E-state index in [1.165, 1.54) is 19.2 Å². The molecule has 110 valence electrons. The molecule has 2 rings (SSSR count). The Kier molecular flexibility index (Phi) is 4.77. The van der Waals surface area contributed by atoms with Crippen LogP contribution in [-0.2, 0) is 11.3 Å². The van der Waals surface area contributed by atoms with Crippen LogP contribution in [0, 0.1) is 12.7 Å². The molecule has 2 aromatic carbocycles. The average molecular weight is 288 g/mol. The number of anilines is 2. The van der Waals surface area contributed by atoms with Crippen LogP contribution >= 0.6 is 0 Å². The molecule has 0 radical (unpaired) electrons. The van der Waals surface area contributed by atoms with Gasteiger partial charge in [-0.25, -0.2) is 9.18 Å². The van der Waals surface area contributed by atoms with Gasteiger partial charge in [-0.05, 0) is 54.4 Å². The zero-order valence-electron chi connectivity index (χ0n) is 11.9. The third-order valence-electron chi connectivity index (χ3n) is 3.11. The van der Waals surface area contributed by atoms with Crippen molar-refractivity contribution in [1.29, 1.82) is 0 Å². The third-order valence-corrected chi connectivity index (χ3v) is 3.11. The van der Waals surface area contributed by atoms with Gasteiger partial charge in [0.25, 0.3) is 0 Å². The lowest BCUT2D eigenvalue weighted by molar-refractivity contribution is 0.187. The van der Waals surface area contributed by atoms with Gasteiger partial charge < -0.3 is 10.1 Å². The molecular formula is C16H17FN2O2. The van der Waals surface area contributed by atoms with Crippen LogP contribution in [0.5, 0.6) is 0 Å². The molecular weight excluding hydrogens is 271 g/mol. The normalized spacial score (nSPS) is 10.0. The van der Waals surface area contributed by atoms with Crippen molar-refractivity contribution in [1.82, 2.24) is 0 Å². The number of hydrogen-bond donors (Lipinski definition) is 2. The van der Waals surface area contributed by atoms with E-state index in [-0.39, 0.29) is 5.82 Å². The molecule has 5 heteroatoms. The maximum Gasteiger partial charge on any atom is 0.411 e. The van der Waals surface area contributed by atoms with Gasteiger partial charge in [-0.2, -0.15) is 0 Å². The number of rotatable bonds is 4. The first-order valence-electron chi connectivity index (χ1n) is 6.52. The Labute approximate surface area is 122 Å². The first kappa shape index (κ1) is 14.8. The van der Waals surface area contributed by atoms with E-state index < -0.39 is 6.09 Å². The number of methoxy groups -OCH3 is 1. The van der Waals surface area contributed by atoms with E-state index in [0.717, 1.165) is 16.8 Å². The zero-order valence-corrected chi connectivity index (χ0v) is 11.9. The van der Waals surface area contributed by atoms with E-state index >= 15 is 0 Å². The summed E-state index contributed by atoms with van der Waals surface area (Å²) in [7, 11) is 1.31. The molecule has 0 saturated heterocycles. The van der Waals surface area contributed by atoms with Crippen LogP contribution in [-0.4, -0.2) is 13.2 Å². The summed E-state index contributed by atoms with van der Waals surface area (Å²) in [5.41, 5.74) is 3.48. The summed E-state index contributed by atoms with van der Waals surface area (Å²) in [4.78, 5) is 11.1. The van der Waals surface area contributed by atoms with E-state index in [1.54, 1.807) is 18.2 Å². The largest absolute Gasteiger partial charge is 0.453 e. The fraction of sp³-hybridized carbons (Fsp3) is 0.188. The number of aryl methyl sites for hydroxylation is 1. The van der Waals surface area contributed by atoms with E-state index in [1.807, 2.05) is 19.1 Å². The van der Waals surface area contributed by atoms with Gasteiger partial charge in [0, 0.05) is 17.9 Å². The van der Waals surface area contributed by atoms with Crippen LogP contribution in [0.25, 0.3) is 0 Å². The Bertz CT molecular complexity index is 627. The van der Waals surface area contributed by atoms with E-state index in [9.17, 15) is 9.18 Å². The van der Waals surface area contributed by atoms with Crippen molar-refractivity contribution in [2.45, 2.75) is 13.5 Å². The molecule has 0 aliphatic carbocycles. The number of amides is 1. The lowest BCUT2D eigenvalue weighted by Crippen LogP contribution is -2.10. The van der Waals surface area contributed by atoms with Crippen molar-refractivity contribution in [2.24, 2.45) is 0 Å². The highest BCUT2D eigenvalue weighted by Crippen LogP contribution is 2.16. The molecule has 0 aliphatic rings. The molecule has 0 aliphatic heterocycles. The Morgan fingerprint density at radius 2 is 1.81 bits per heavy atom. The second kappa shape index (κ2) is 6.74. The van der Waals surface area contributed by atoms with Crippen LogP contribution < -0.4 is 10.6 Å². The maximum atomic E-state index is 13.2. The second-order valence-corrected chi connectivity index (χ2v) is 4.62. The molecule has 0 bridgehead atoms. The van der Waals surface area contributed by atoms with Gasteiger partial charge in [-0.3, -0.25) is 5.32 Å². The summed E-state index contributed by atoms with van der Waals surface area (Å²) in [6, 6.07) is 11.9. The first-order chi connectivity index (χ1) is 10.1. The molecule has 2 aromatic rings. The fourth-order valence-corrected chi connectivity index (χ4v) is 1.87. The zero-order chi connectivity index (χ0) is 15.2. The average Bonchev–Trinajstić information content (AvgIpc) is 2.49. The Morgan fingerprint density at radius 3 is 2.48 bits per heavy atom. The topological polar surface area (TPSA) is 50.4 Å². The van der Waals surface area contributed by atoms with E-state index in [2.05, 4.69) is 15.4 Å². The Hall–Kier alpha value is -2.56. The minimum Gasteiger partial charge on any atom is -0.453 e. The van der Waals surface area contributed by atoms with Gasteiger partial charge in [0.15, 0.2) is 0 Å². The van der Waals surface area contributed by atoms with Crippen molar-refractivity contribution < 1.29 is 13.9 Å². The second-order valence-electron chi connectivity index (χ2n) is 4.62. The van der Waals surface area contributed by atoms with Crippen molar-refractivity contribution in [2.75, 3.05) is 17.7 Å². The van der Waals surface area contributed by atoms with Gasteiger partial charge in [-0.1, -0.05) is 6.07 Å². The summed E-state index contributed by atoms with van der Waals surface area (Å²) in [6.07, 6.45) is -0.508. The lowest BCUT2D eigenvalue weighted by Gasteiger charge is -2.10. The maximum absolute atomic E-state index is 13.2. The first-order valence-corrected chi connectivity index (χ1v) is 6.52. The van der Waals surface area contributed by atoms with Crippen LogP contribution in [0.4, 0.5) is 20.6 Å². The van der Waals surface area contributed by atoms with Crippen LogP contribution in [0.2, 0.25) is 0 Å². The smallest absolute Gasteiger partial charge is 0.411 e. The molecule has 21 heavy (non-hydrogen) atoms. The monoisotopic (exact) mass is 288 g/mol. The molecule has 0 spiro atoms. The van der Waals surface area contributed by atoms with Crippen molar-refractivity contribution >= 4 is 17.5 Å². The van der Waals surface area contributed by atoms with Gasteiger partial charge in [-0.15, -0.1) is 0 Å². The van der Waals surface area contributed by atoms with Gasteiger partial charge in [0.1, 0.15) is 5.82 Å². The van der Waals surface area contributed by atoms with Gasteiger partial charge in [0.05, 0.1) is 7.11 Å². The van der Waals surface area contributed by atoms with Crippen LogP contribution in [0.15, 0.2) is 42.5 Å². The highest BCUT2D eigenvalue weighted by Gasteiger charge is 2.02. The summed E-state index contributed by atoms with van der Waals surface area (Å²) < 4.78 is 17.7. The predicted molar refractivity (Wildman–Crippen MR) is 80.9 cm³/mol. The minimum absolute atomic E-state index is 0.241. The molecule has 0 fully saturated rings. The SMILES string of the molecule is COC(=O)Nc1ccc(NCc2cc(F)ccc2C)cc1. The molecule has 0 saturated carbocycles. The molecule has 0 heterocycles. The van der Waals surface area contributed by atoms with Crippen molar-refractivity contribution in [3.63, 3.8) is 0 Å². The quantitative estimate of drug-likeness (QED) is 0.896. The Morgan fingerprint density at radius 1 is 1.14 bits per heavy atom. The number of halogens is 1. The summed E-state index contributed by atoms with van der Waals surface area (Å²) in [5, 5.41) is 5.78. The fourth-order valence-electron chi connectivity index (χ4n) is 1.87. The third kappa shape index (κ3) is 4.21. The van der Waals surface area contributed by atoms with Crippen molar-refractivity contribution in [3.8, 4) is 0 Å². The standard InChI is InChI=1S/C16H17FN2O2/c1-11-3-4-13(17)9-12(11)10-18-14-5-7-15(8-6-14)19-16(20)21-2/h3-9,18H,10H2,1-2H3,(H,19,20). The predicted octanol–water partition coefficient (Wildman–Crippen LogP) is 3.92. The number of carbonyl (C=O) groups excluding carboxylic acids is 1.